The van der Waals surface area contributed by atoms with E-state index in [1.165, 1.54) is 88.2 Å². The van der Waals surface area contributed by atoms with Crippen LogP contribution in [0.1, 0.15) is 133 Å². The minimum atomic E-state index is -1.02. The highest BCUT2D eigenvalue weighted by Crippen LogP contribution is 2.72. The molecule has 13 heterocycles. The Bertz CT molecular complexity index is 6970. The Labute approximate surface area is 861 Å². The van der Waals surface area contributed by atoms with Crippen LogP contribution in [0.4, 0.5) is 0 Å². The fourth-order valence-electron chi connectivity index (χ4n) is 31.6. The maximum Gasteiger partial charge on any atom is 0.308 e. The number of allylic oxidation sites excluding steroid dienone is 5. The predicted octanol–water partition coefficient (Wildman–Crippen LogP) is 10.3. The zero-order valence-corrected chi connectivity index (χ0v) is 85.6. The van der Waals surface area contributed by atoms with Crippen LogP contribution in [0.3, 0.4) is 0 Å². The Kier molecular flexibility index (Phi) is 22.2. The molecule has 774 valence electrons. The van der Waals surface area contributed by atoms with Gasteiger partial charge in [-0.2, -0.15) is 0 Å². The van der Waals surface area contributed by atoms with Crippen LogP contribution in [-0.4, -0.2) is 309 Å². The monoisotopic (exact) mass is 2010 g/mol. The first kappa shape index (κ1) is 95.2. The number of aliphatic hydroxyl groups excluding tert-OH is 5. The van der Waals surface area contributed by atoms with Crippen molar-refractivity contribution in [3.8, 4) is 69.0 Å². The molecule has 31 rings (SSSR count). The minimum Gasteiger partial charge on any atom is -0.493 e. The van der Waals surface area contributed by atoms with E-state index in [9.17, 15) is 45.0 Å². The normalized spacial score (nSPS) is 35.7. The summed E-state index contributed by atoms with van der Waals surface area (Å²) in [6, 6.07) is 24.0. The molecule has 25 unspecified atom stereocenters. The highest BCUT2D eigenvalue weighted by molar-refractivity contribution is 5.82. The largest absolute Gasteiger partial charge is 0.493 e. The van der Waals surface area contributed by atoms with Crippen molar-refractivity contribution in [1.29, 1.82) is 0 Å². The van der Waals surface area contributed by atoms with E-state index in [4.69, 9.17) is 61.6 Å². The summed E-state index contributed by atoms with van der Waals surface area (Å²) < 4.78 is 77.4. The number of esters is 3. The van der Waals surface area contributed by atoms with E-state index < -0.39 is 53.7 Å². The van der Waals surface area contributed by atoms with Crippen LogP contribution in [0.2, 0.25) is 0 Å². The number of piperidine rings is 6. The average Bonchev–Trinajstić information content (AvgIpc) is 1.47. The van der Waals surface area contributed by atoms with Crippen molar-refractivity contribution in [2.24, 2.45) is 29.6 Å². The molecule has 25 aliphatic rings. The first-order chi connectivity index (χ1) is 71.5. The van der Waals surface area contributed by atoms with Gasteiger partial charge in [-0.25, -0.2) is 0 Å². The van der Waals surface area contributed by atoms with Crippen molar-refractivity contribution in [2.75, 3.05) is 142 Å². The molecular weight excluding hydrogens is 1880 g/mol. The van der Waals surface area contributed by atoms with Crippen molar-refractivity contribution >= 4 is 48.3 Å². The van der Waals surface area contributed by atoms with Crippen molar-refractivity contribution in [3.05, 3.63) is 241 Å². The maximum absolute atomic E-state index is 11.7. The van der Waals surface area contributed by atoms with E-state index in [2.05, 4.69) is 167 Å². The Morgan fingerprint density at radius 3 is 1.11 bits per heavy atom. The summed E-state index contributed by atoms with van der Waals surface area (Å²) in [4.78, 5) is 51.0. The number of aliphatic hydroxyl groups is 6. The molecule has 30 nitrogen and oxygen atoms in total. The molecule has 6 aromatic carbocycles. The van der Waals surface area contributed by atoms with Crippen LogP contribution in [0, 0.1) is 29.6 Å². The van der Waals surface area contributed by atoms with E-state index in [0.29, 0.717) is 47.7 Å². The van der Waals surface area contributed by atoms with Crippen LogP contribution in [0.25, 0.3) is 30.4 Å². The van der Waals surface area contributed by atoms with Crippen LogP contribution >= 0.6 is 0 Å². The van der Waals surface area contributed by atoms with Crippen LogP contribution in [0.15, 0.2) is 174 Å². The molecule has 0 radical (unpaired) electrons. The molecule has 13 aliphatic heterocycles. The lowest BCUT2D eigenvalue weighted by Crippen LogP contribution is -2.75. The van der Waals surface area contributed by atoms with Crippen LogP contribution in [-0.2, 0) is 58.0 Å². The van der Waals surface area contributed by atoms with E-state index in [1.807, 2.05) is 79.8 Å². The van der Waals surface area contributed by atoms with Gasteiger partial charge in [0, 0.05) is 219 Å². The van der Waals surface area contributed by atoms with Gasteiger partial charge in [-0.1, -0.05) is 103 Å². The molecule has 25 atom stereocenters. The lowest BCUT2D eigenvalue weighted by Gasteiger charge is -2.61. The molecule has 148 heavy (non-hydrogen) atoms. The van der Waals surface area contributed by atoms with E-state index >= 15 is 0 Å². The van der Waals surface area contributed by atoms with Gasteiger partial charge in [-0.3, -0.25) is 24.2 Å². The molecule has 12 aliphatic carbocycles. The topological polar surface area (TPSA) is 327 Å². The molecule has 6 aromatic rings. The van der Waals surface area contributed by atoms with Gasteiger partial charge in [0.1, 0.15) is 73.2 Å². The second-order valence-corrected chi connectivity index (χ2v) is 44.8. The lowest BCUT2D eigenvalue weighted by atomic mass is 9.50. The number of hydrogen-bond donors (Lipinski definition) is 7. The number of nitrogens with one attached hydrogen (secondary N) is 1. The van der Waals surface area contributed by atoms with Crippen LogP contribution < -0.4 is 62.2 Å². The quantitative estimate of drug-likeness (QED) is 0.0360. The maximum atomic E-state index is 11.7. The summed E-state index contributed by atoms with van der Waals surface area (Å²) in [6.07, 6.45) is 36.0. The minimum absolute atomic E-state index is 0.00190. The summed E-state index contributed by atoms with van der Waals surface area (Å²) >= 11 is 0. The number of likely N-dealkylation sites (N-methyl/N-ethyl adjacent to an activating group) is 1. The number of ether oxygens (including phenoxy) is 13. The number of rotatable bonds is 11. The summed E-state index contributed by atoms with van der Waals surface area (Å²) in [6.45, 7) is 18.2. The standard InChI is InChI=1S/C23H29N3O3.C21H21NO5.C19H19NO4.C19H21NO3.C18H21NO4.C18H19NO3/c1-25-9-6-23-16-3-4-18(27)22(23)29-21-19(5-2-15(20(21)23)14-17(16)25)28-13-12-26-10-7-24-8-11-26;1-11(23)25-16-6-4-13-10-15-14-5-7-17(26-12(2)24)20-21(14,8-9-22(15)3)18(13)19(16)27-20;1-10(21)23-15-6-3-11-9-13-12-4-5-14(22)18-19(12,7-8-20(13)2)16(11)17(15)24-18;1-3-22-15-7-4-11-10-13-12-5-6-14(21)18-19(12,8-9-20(13)2)16(11)17(15)23-18;1-19-8-7-17-14-10-3-4-12(22-2)15(14)23-16(17)11(20)5-6-18(17,21)13(19)9-10;1-19-8-7-18-11-4-5-13(20)17(18)22-16-14(21-2)6-3-10(15(16)18)9-12(11)19/h2-5,14,16,18,22,24,27H,6-13H2,1H3;4-7,10,14,17,20H,8-9H2,1-3H3;3-6,9,12,14,18,22H,7-8H2,1-2H3;4-7,10,12,14,18,21H,3,8-9H2,1-2H3;3-6,11,13,16,20-21H,7-9H2,1-2H3;3-6,9,11,13,17,20H,7-8H2,1-2H3. The fraction of sp³-hybridized carbons (Fsp3) is 0.483. The number of carbonyl (C=O) groups excluding carboxylic acids is 3. The Balaban J connectivity index is 0.0000000901. The Hall–Kier alpha value is -12.5. The zero-order valence-electron chi connectivity index (χ0n) is 85.6. The summed E-state index contributed by atoms with van der Waals surface area (Å²) in [5.41, 5.74) is 17.8. The van der Waals surface area contributed by atoms with Crippen LogP contribution in [0.5, 0.6) is 69.0 Å². The molecule has 30 heteroatoms. The van der Waals surface area contributed by atoms with E-state index in [1.54, 1.807) is 32.4 Å². The molecular formula is C118H130N8O22. The number of piperazine rings is 1. The van der Waals surface area contributed by atoms with Gasteiger partial charge in [0.25, 0.3) is 0 Å². The number of likely N-dealkylation sites (tertiary alicyclic amines) is 6. The molecule has 7 saturated heterocycles. The zero-order chi connectivity index (χ0) is 102. The van der Waals surface area contributed by atoms with Gasteiger partial charge in [-0.15, -0.1) is 0 Å². The third-order valence-electron chi connectivity index (χ3n) is 38.0. The third-order valence-corrected chi connectivity index (χ3v) is 38.0. The van der Waals surface area contributed by atoms with Gasteiger partial charge >= 0.3 is 17.9 Å². The van der Waals surface area contributed by atoms with E-state index in [0.717, 1.165) is 179 Å². The molecule has 7 N–H and O–H groups in total. The number of carbonyl (C=O) groups is 3. The van der Waals surface area contributed by atoms with Gasteiger partial charge in [0.2, 0.25) is 0 Å². The second kappa shape index (κ2) is 34.5. The van der Waals surface area contributed by atoms with Crippen molar-refractivity contribution in [1.82, 2.24) is 39.6 Å². The fourth-order valence-corrected chi connectivity index (χ4v) is 31.6. The first-order valence-electron chi connectivity index (χ1n) is 52.9. The number of nitrogens with zero attached hydrogens (tertiary/aromatic N) is 7. The highest BCUT2D eigenvalue weighted by atomic mass is 16.6. The van der Waals surface area contributed by atoms with Gasteiger partial charge in [0.05, 0.1) is 53.3 Å². The number of methoxy groups -OCH3 is 2. The molecule has 6 spiro atoms. The SMILES string of the molecule is CC(=O)Oc1ccc2c3c1OC1C(O)C=CC4C(=C2)N(C)CCC341.CC(=O)Oc1ccc2c3c1OC1C(OC(C)=O)C=CC4C(=C2)N(C)CCC341.CCOc1ccc2c3c1OC1C(O)C=CC4C(=C2)N(C)CCC341.CN1CCC23c4c5ccc(OCCN6CCNCC6)c4OC2C(O)C=CC3C1=C5.COc1ccc2c3c1OC1C(O)C=CC4(O)C(C2)N(C)CCC314.COc1ccc2c3c1OC1C(O)C=CC4C(=C2)N(C)CCC341. The van der Waals surface area contributed by atoms with Crippen molar-refractivity contribution in [2.45, 2.75) is 190 Å². The average molecular weight is 2010 g/mol. The summed E-state index contributed by atoms with van der Waals surface area (Å²) in [7, 11) is 16.1. The van der Waals surface area contributed by atoms with Gasteiger partial charge in [0.15, 0.2) is 81.2 Å². The second-order valence-electron chi connectivity index (χ2n) is 44.8. The number of hydrogen-bond acceptors (Lipinski definition) is 30. The van der Waals surface area contributed by atoms with Gasteiger partial charge < -0.3 is 122 Å². The Morgan fingerprint density at radius 1 is 0.378 bits per heavy atom. The van der Waals surface area contributed by atoms with Gasteiger partial charge in [-0.05, 0) is 172 Å². The third kappa shape index (κ3) is 13.1. The van der Waals surface area contributed by atoms with Crippen molar-refractivity contribution < 1.29 is 107 Å². The smallest absolute Gasteiger partial charge is 0.308 e. The van der Waals surface area contributed by atoms with Crippen molar-refractivity contribution in [3.63, 3.8) is 0 Å². The Morgan fingerprint density at radius 2 is 0.716 bits per heavy atom. The van der Waals surface area contributed by atoms with E-state index in [-0.39, 0.29) is 111 Å². The predicted molar refractivity (Wildman–Crippen MR) is 551 cm³/mol. The molecule has 0 aromatic heterocycles. The number of benzene rings is 6. The summed E-state index contributed by atoms with van der Waals surface area (Å²) in [5.74, 6) is 8.51. The summed E-state index contributed by atoms with van der Waals surface area (Å²) in [5, 5.41) is 68.1. The first-order valence-corrected chi connectivity index (χ1v) is 52.9. The molecule has 0 amide bonds. The lowest BCUT2D eigenvalue weighted by molar-refractivity contribution is -0.151. The molecule has 0 saturated carbocycles. The molecule has 12 bridgehead atoms. The highest BCUT2D eigenvalue weighted by Gasteiger charge is 2.74. The molecule has 7 fully saturated rings.